The monoisotopic (exact) mass is 242 g/mol. The van der Waals surface area contributed by atoms with Crippen LogP contribution in [0.5, 0.6) is 0 Å². The predicted octanol–water partition coefficient (Wildman–Crippen LogP) is 2.27. The molecule has 0 saturated carbocycles. The summed E-state index contributed by atoms with van der Waals surface area (Å²) in [6.45, 7) is 0. The average Bonchev–Trinajstić information content (AvgIpc) is 2.82. The first-order valence-corrected chi connectivity index (χ1v) is 6.10. The Morgan fingerprint density at radius 3 is 2.83 bits per heavy atom. The standard InChI is InChI=1S/C14H14N2O2/c17-14(18)10-6-7-11-12(8-10)15-16-13(11)9-4-2-1-3-5-9/h1-5,10H,6-8H2,(H,15,16)(H,17,18)/t10-/m0/s1. The van der Waals surface area contributed by atoms with Gasteiger partial charge in [0.05, 0.1) is 11.6 Å². The van der Waals surface area contributed by atoms with Crippen LogP contribution in [0.25, 0.3) is 11.3 Å². The number of aliphatic carboxylic acids is 1. The van der Waals surface area contributed by atoms with Crippen molar-refractivity contribution >= 4 is 5.97 Å². The van der Waals surface area contributed by atoms with E-state index in [0.29, 0.717) is 12.8 Å². The molecule has 0 aliphatic heterocycles. The molecule has 0 bridgehead atoms. The second-order valence-electron chi connectivity index (χ2n) is 4.67. The Balaban J connectivity index is 1.96. The van der Waals surface area contributed by atoms with E-state index in [-0.39, 0.29) is 5.92 Å². The van der Waals surface area contributed by atoms with E-state index in [0.717, 1.165) is 23.4 Å². The van der Waals surface area contributed by atoms with Crippen LogP contribution in [0.4, 0.5) is 0 Å². The highest BCUT2D eigenvalue weighted by Gasteiger charge is 2.27. The predicted molar refractivity (Wildman–Crippen MR) is 67.2 cm³/mol. The van der Waals surface area contributed by atoms with Gasteiger partial charge in [-0.1, -0.05) is 30.3 Å². The van der Waals surface area contributed by atoms with Gasteiger partial charge in [0.25, 0.3) is 0 Å². The molecule has 3 rings (SSSR count). The van der Waals surface area contributed by atoms with Gasteiger partial charge in [-0.15, -0.1) is 0 Å². The van der Waals surface area contributed by atoms with Crippen molar-refractivity contribution in [1.29, 1.82) is 0 Å². The summed E-state index contributed by atoms with van der Waals surface area (Å²) in [6.07, 6.45) is 2.04. The Bertz CT molecular complexity index is 575. The van der Waals surface area contributed by atoms with E-state index in [1.807, 2.05) is 30.3 Å². The highest BCUT2D eigenvalue weighted by molar-refractivity contribution is 5.72. The molecule has 1 aliphatic rings. The lowest BCUT2D eigenvalue weighted by Crippen LogP contribution is -2.22. The molecule has 1 atom stereocenters. The molecule has 0 saturated heterocycles. The van der Waals surface area contributed by atoms with E-state index < -0.39 is 5.97 Å². The maximum atomic E-state index is 11.0. The third kappa shape index (κ3) is 1.79. The molecule has 92 valence electrons. The van der Waals surface area contributed by atoms with E-state index in [2.05, 4.69) is 10.2 Å². The van der Waals surface area contributed by atoms with Gasteiger partial charge in [0.15, 0.2) is 0 Å². The van der Waals surface area contributed by atoms with Gasteiger partial charge >= 0.3 is 5.97 Å². The van der Waals surface area contributed by atoms with Crippen LogP contribution in [-0.4, -0.2) is 21.3 Å². The van der Waals surface area contributed by atoms with Crippen LogP contribution in [0.15, 0.2) is 30.3 Å². The molecule has 2 N–H and O–H groups in total. The van der Waals surface area contributed by atoms with Crippen LogP contribution in [0.1, 0.15) is 17.7 Å². The van der Waals surface area contributed by atoms with Crippen molar-refractivity contribution in [2.75, 3.05) is 0 Å². The maximum Gasteiger partial charge on any atom is 0.306 e. The molecule has 18 heavy (non-hydrogen) atoms. The normalized spacial score (nSPS) is 18.3. The number of fused-ring (bicyclic) bond motifs is 1. The van der Waals surface area contributed by atoms with Gasteiger partial charge in [0, 0.05) is 23.2 Å². The highest BCUT2D eigenvalue weighted by Crippen LogP contribution is 2.31. The number of carboxylic acids is 1. The lowest BCUT2D eigenvalue weighted by molar-refractivity contribution is -0.142. The van der Waals surface area contributed by atoms with E-state index in [4.69, 9.17) is 5.11 Å². The molecule has 0 unspecified atom stereocenters. The van der Waals surface area contributed by atoms with Crippen LogP contribution in [0, 0.1) is 5.92 Å². The van der Waals surface area contributed by atoms with Crippen molar-refractivity contribution in [3.8, 4) is 11.3 Å². The molecular weight excluding hydrogens is 228 g/mol. The zero-order valence-corrected chi connectivity index (χ0v) is 9.89. The average molecular weight is 242 g/mol. The second-order valence-corrected chi connectivity index (χ2v) is 4.67. The summed E-state index contributed by atoms with van der Waals surface area (Å²) in [4.78, 5) is 11.0. The van der Waals surface area contributed by atoms with Gasteiger partial charge in [-0.05, 0) is 12.8 Å². The smallest absolute Gasteiger partial charge is 0.306 e. The fraction of sp³-hybridized carbons (Fsp3) is 0.286. The number of H-pyrrole nitrogens is 1. The first-order valence-electron chi connectivity index (χ1n) is 6.10. The number of hydrogen-bond donors (Lipinski definition) is 2. The number of carboxylic acid groups (broad SMARTS) is 1. The summed E-state index contributed by atoms with van der Waals surface area (Å²) in [6, 6.07) is 10.0. The minimum atomic E-state index is -0.712. The second kappa shape index (κ2) is 4.29. The molecule has 0 spiro atoms. The molecule has 0 fully saturated rings. The van der Waals surface area contributed by atoms with Crippen molar-refractivity contribution in [2.24, 2.45) is 5.92 Å². The molecule has 0 radical (unpaired) electrons. The largest absolute Gasteiger partial charge is 0.481 e. The van der Waals surface area contributed by atoms with Crippen molar-refractivity contribution in [1.82, 2.24) is 10.2 Å². The van der Waals surface area contributed by atoms with Crippen LogP contribution in [-0.2, 0) is 17.6 Å². The zero-order valence-electron chi connectivity index (χ0n) is 9.89. The zero-order chi connectivity index (χ0) is 12.5. The number of nitrogens with zero attached hydrogens (tertiary/aromatic N) is 1. The number of aromatic nitrogens is 2. The Morgan fingerprint density at radius 1 is 1.33 bits per heavy atom. The quantitative estimate of drug-likeness (QED) is 0.849. The number of aromatic amines is 1. The molecular formula is C14H14N2O2. The number of hydrogen-bond acceptors (Lipinski definition) is 2. The van der Waals surface area contributed by atoms with Crippen molar-refractivity contribution in [3.05, 3.63) is 41.6 Å². The summed E-state index contributed by atoms with van der Waals surface area (Å²) in [5.41, 5.74) is 4.21. The molecule has 1 heterocycles. The molecule has 0 amide bonds. The first-order chi connectivity index (χ1) is 8.75. The lowest BCUT2D eigenvalue weighted by atomic mass is 9.86. The number of nitrogens with one attached hydrogen (secondary N) is 1. The SMILES string of the molecule is O=C(O)[C@H]1CCc2c(-c3ccccc3)n[nH]c2C1. The number of benzene rings is 1. The van der Waals surface area contributed by atoms with Crippen molar-refractivity contribution in [2.45, 2.75) is 19.3 Å². The van der Waals surface area contributed by atoms with E-state index in [9.17, 15) is 4.79 Å². The van der Waals surface area contributed by atoms with Gasteiger partial charge in [-0.25, -0.2) is 0 Å². The number of carbonyl (C=O) groups is 1. The minimum absolute atomic E-state index is 0.276. The first kappa shape index (κ1) is 11.0. The summed E-state index contributed by atoms with van der Waals surface area (Å²) in [5, 5.41) is 16.4. The molecule has 1 aromatic heterocycles. The van der Waals surface area contributed by atoms with E-state index >= 15 is 0 Å². The van der Waals surface area contributed by atoms with Gasteiger partial charge in [0.2, 0.25) is 0 Å². The summed E-state index contributed by atoms with van der Waals surface area (Å²) < 4.78 is 0. The Morgan fingerprint density at radius 2 is 2.11 bits per heavy atom. The Labute approximate surface area is 105 Å². The Hall–Kier alpha value is -2.10. The molecule has 1 aromatic carbocycles. The van der Waals surface area contributed by atoms with E-state index in [1.165, 1.54) is 5.56 Å². The fourth-order valence-corrected chi connectivity index (χ4v) is 2.55. The molecule has 4 nitrogen and oxygen atoms in total. The molecule has 1 aliphatic carbocycles. The van der Waals surface area contributed by atoms with Gasteiger partial charge in [-0.3, -0.25) is 9.89 Å². The summed E-state index contributed by atoms with van der Waals surface area (Å²) in [5.74, 6) is -0.988. The summed E-state index contributed by atoms with van der Waals surface area (Å²) >= 11 is 0. The van der Waals surface area contributed by atoms with Crippen LogP contribution >= 0.6 is 0 Å². The summed E-state index contributed by atoms with van der Waals surface area (Å²) in [7, 11) is 0. The van der Waals surface area contributed by atoms with Crippen LogP contribution in [0.3, 0.4) is 0 Å². The van der Waals surface area contributed by atoms with Gasteiger partial charge < -0.3 is 5.11 Å². The van der Waals surface area contributed by atoms with Crippen LogP contribution < -0.4 is 0 Å². The third-order valence-electron chi connectivity index (χ3n) is 3.54. The van der Waals surface area contributed by atoms with Crippen LogP contribution in [0.2, 0.25) is 0 Å². The van der Waals surface area contributed by atoms with E-state index in [1.54, 1.807) is 0 Å². The maximum absolute atomic E-state index is 11.0. The fourth-order valence-electron chi connectivity index (χ4n) is 2.55. The topological polar surface area (TPSA) is 66.0 Å². The molecule has 2 aromatic rings. The van der Waals surface area contributed by atoms with Crippen molar-refractivity contribution in [3.63, 3.8) is 0 Å². The number of rotatable bonds is 2. The molecule has 4 heteroatoms. The minimum Gasteiger partial charge on any atom is -0.481 e. The third-order valence-corrected chi connectivity index (χ3v) is 3.54. The van der Waals surface area contributed by atoms with Gasteiger partial charge in [0.1, 0.15) is 0 Å². The van der Waals surface area contributed by atoms with Gasteiger partial charge in [-0.2, -0.15) is 5.10 Å². The Kier molecular flexibility index (Phi) is 2.63. The highest BCUT2D eigenvalue weighted by atomic mass is 16.4. The van der Waals surface area contributed by atoms with Crippen molar-refractivity contribution < 1.29 is 9.90 Å². The lowest BCUT2D eigenvalue weighted by Gasteiger charge is -2.18.